The summed E-state index contributed by atoms with van der Waals surface area (Å²) in [6.45, 7) is 3.98. The Labute approximate surface area is 145 Å². The molecule has 1 aromatic heterocycles. The lowest BCUT2D eigenvalue weighted by molar-refractivity contribution is 0.0681. The molecule has 1 aliphatic heterocycles. The third-order valence-electron chi connectivity index (χ3n) is 4.82. The molecular formula is C18H22F2N4O. The van der Waals surface area contributed by atoms with Crippen LogP contribution in [0.4, 0.5) is 8.78 Å². The van der Waals surface area contributed by atoms with Gasteiger partial charge in [0.05, 0.1) is 6.20 Å². The molecule has 0 saturated carbocycles. The number of aryl methyl sites for hydroxylation is 2. The van der Waals surface area contributed by atoms with Crippen LogP contribution in [0, 0.1) is 17.6 Å². The van der Waals surface area contributed by atoms with Gasteiger partial charge in [-0.3, -0.25) is 9.48 Å². The van der Waals surface area contributed by atoms with Crippen LogP contribution in [0.2, 0.25) is 0 Å². The Kier molecular flexibility index (Phi) is 5.40. The van der Waals surface area contributed by atoms with Gasteiger partial charge in [0.1, 0.15) is 11.6 Å². The van der Waals surface area contributed by atoms with Crippen molar-refractivity contribution in [3.8, 4) is 0 Å². The second kappa shape index (κ2) is 7.72. The number of nitrogens with zero attached hydrogens (tertiary/aromatic N) is 4. The Balaban J connectivity index is 1.49. The summed E-state index contributed by atoms with van der Waals surface area (Å²) in [6, 6.07) is 3.74. The lowest BCUT2D eigenvalue weighted by Gasteiger charge is -2.31. The van der Waals surface area contributed by atoms with Gasteiger partial charge < -0.3 is 4.90 Å². The number of aromatic nitrogens is 3. The van der Waals surface area contributed by atoms with E-state index in [0.29, 0.717) is 43.2 Å². The van der Waals surface area contributed by atoms with Crippen molar-refractivity contribution in [2.75, 3.05) is 13.1 Å². The predicted octanol–water partition coefficient (Wildman–Crippen LogP) is 3.06. The summed E-state index contributed by atoms with van der Waals surface area (Å²) in [5.41, 5.74) is 0.935. The van der Waals surface area contributed by atoms with Gasteiger partial charge >= 0.3 is 0 Å². The number of piperidine rings is 1. The zero-order valence-corrected chi connectivity index (χ0v) is 14.3. The highest BCUT2D eigenvalue weighted by Gasteiger charge is 2.25. The van der Waals surface area contributed by atoms with E-state index < -0.39 is 11.6 Å². The molecule has 0 unspecified atom stereocenters. The minimum absolute atomic E-state index is 0.0808. The van der Waals surface area contributed by atoms with E-state index in [9.17, 15) is 13.6 Å². The topological polar surface area (TPSA) is 51.0 Å². The maximum atomic E-state index is 13.7. The van der Waals surface area contributed by atoms with Crippen LogP contribution in [0.25, 0.3) is 0 Å². The second-order valence-corrected chi connectivity index (χ2v) is 6.47. The molecule has 0 radical (unpaired) electrons. The standard InChI is InChI=1S/C18H22F2N4O/c1-2-24-12-17(21-22-24)18(25)23-9-7-13(8-10-23)3-4-14-5-6-15(19)11-16(14)20/h5-6,11-13H,2-4,7-10H2,1H3. The molecule has 134 valence electrons. The number of benzene rings is 1. The number of amides is 1. The fraction of sp³-hybridized carbons (Fsp3) is 0.500. The van der Waals surface area contributed by atoms with Crippen LogP contribution < -0.4 is 0 Å². The van der Waals surface area contributed by atoms with Crippen LogP contribution in [-0.2, 0) is 13.0 Å². The first-order valence-corrected chi connectivity index (χ1v) is 8.70. The highest BCUT2D eigenvalue weighted by Crippen LogP contribution is 2.24. The smallest absolute Gasteiger partial charge is 0.276 e. The third-order valence-corrected chi connectivity index (χ3v) is 4.82. The molecule has 1 aliphatic rings. The quantitative estimate of drug-likeness (QED) is 0.834. The summed E-state index contributed by atoms with van der Waals surface area (Å²) >= 11 is 0. The first-order chi connectivity index (χ1) is 12.1. The van der Waals surface area contributed by atoms with Crippen LogP contribution in [0.15, 0.2) is 24.4 Å². The molecule has 3 rings (SSSR count). The van der Waals surface area contributed by atoms with Crippen molar-refractivity contribution >= 4 is 5.91 Å². The third kappa shape index (κ3) is 4.21. The SMILES string of the molecule is CCn1cc(C(=O)N2CCC(CCc3ccc(F)cc3F)CC2)nn1. The van der Waals surface area contributed by atoms with E-state index in [1.54, 1.807) is 15.8 Å². The molecule has 0 bridgehead atoms. The van der Waals surface area contributed by atoms with E-state index in [1.807, 2.05) is 6.92 Å². The first kappa shape index (κ1) is 17.5. The van der Waals surface area contributed by atoms with Gasteiger partial charge in [-0.2, -0.15) is 0 Å². The van der Waals surface area contributed by atoms with Gasteiger partial charge in [0.25, 0.3) is 5.91 Å². The molecule has 1 saturated heterocycles. The summed E-state index contributed by atoms with van der Waals surface area (Å²) in [5, 5.41) is 7.82. The lowest BCUT2D eigenvalue weighted by Crippen LogP contribution is -2.38. The molecule has 25 heavy (non-hydrogen) atoms. The number of carbonyl (C=O) groups is 1. The summed E-state index contributed by atoms with van der Waals surface area (Å²) in [5.74, 6) is -0.665. The van der Waals surface area contributed by atoms with Gasteiger partial charge in [-0.1, -0.05) is 11.3 Å². The van der Waals surface area contributed by atoms with E-state index in [2.05, 4.69) is 10.3 Å². The molecular weight excluding hydrogens is 326 g/mol. The second-order valence-electron chi connectivity index (χ2n) is 6.47. The van der Waals surface area contributed by atoms with Gasteiger partial charge in [-0.15, -0.1) is 5.10 Å². The maximum Gasteiger partial charge on any atom is 0.276 e. The molecule has 2 heterocycles. The number of halogens is 2. The first-order valence-electron chi connectivity index (χ1n) is 8.70. The summed E-state index contributed by atoms with van der Waals surface area (Å²) in [7, 11) is 0. The van der Waals surface area contributed by atoms with Crippen molar-refractivity contribution in [3.63, 3.8) is 0 Å². The Morgan fingerprint density at radius 3 is 2.68 bits per heavy atom. The van der Waals surface area contributed by atoms with Gasteiger partial charge in [-0.25, -0.2) is 8.78 Å². The highest BCUT2D eigenvalue weighted by molar-refractivity contribution is 5.91. The fourth-order valence-electron chi connectivity index (χ4n) is 3.22. The molecule has 7 heteroatoms. The number of hydrogen-bond acceptors (Lipinski definition) is 3. The van der Waals surface area contributed by atoms with Gasteiger partial charge in [0, 0.05) is 25.7 Å². The van der Waals surface area contributed by atoms with E-state index in [0.717, 1.165) is 25.3 Å². The van der Waals surface area contributed by atoms with Crippen molar-refractivity contribution in [1.29, 1.82) is 0 Å². The van der Waals surface area contributed by atoms with Crippen molar-refractivity contribution in [2.24, 2.45) is 5.92 Å². The van der Waals surface area contributed by atoms with Gasteiger partial charge in [-0.05, 0) is 50.2 Å². The fourth-order valence-corrected chi connectivity index (χ4v) is 3.22. The zero-order chi connectivity index (χ0) is 17.8. The Hall–Kier alpha value is -2.31. The monoisotopic (exact) mass is 348 g/mol. The van der Waals surface area contributed by atoms with E-state index in [4.69, 9.17) is 0 Å². The van der Waals surface area contributed by atoms with E-state index in [1.165, 1.54) is 12.1 Å². The zero-order valence-electron chi connectivity index (χ0n) is 14.3. The molecule has 1 aromatic carbocycles. The molecule has 2 aromatic rings. The van der Waals surface area contributed by atoms with Gasteiger partial charge in [0.2, 0.25) is 0 Å². The maximum absolute atomic E-state index is 13.7. The van der Waals surface area contributed by atoms with Crippen LogP contribution in [-0.4, -0.2) is 38.9 Å². The van der Waals surface area contributed by atoms with Crippen LogP contribution >= 0.6 is 0 Å². The molecule has 0 aliphatic carbocycles. The number of likely N-dealkylation sites (tertiary alicyclic amines) is 1. The minimum atomic E-state index is -0.548. The largest absolute Gasteiger partial charge is 0.337 e. The Bertz CT molecular complexity index is 738. The van der Waals surface area contributed by atoms with Crippen molar-refractivity contribution in [2.45, 2.75) is 39.2 Å². The van der Waals surface area contributed by atoms with Crippen LogP contribution in [0.1, 0.15) is 42.2 Å². The highest BCUT2D eigenvalue weighted by atomic mass is 19.1. The molecule has 0 atom stereocenters. The average molecular weight is 348 g/mol. The lowest BCUT2D eigenvalue weighted by atomic mass is 9.90. The summed E-state index contributed by atoms with van der Waals surface area (Å²) in [4.78, 5) is 14.2. The summed E-state index contributed by atoms with van der Waals surface area (Å²) in [6.07, 6.45) is 4.88. The Morgan fingerprint density at radius 1 is 1.28 bits per heavy atom. The predicted molar refractivity (Wildman–Crippen MR) is 89.0 cm³/mol. The van der Waals surface area contributed by atoms with Crippen molar-refractivity contribution in [3.05, 3.63) is 47.3 Å². The van der Waals surface area contributed by atoms with E-state index >= 15 is 0 Å². The molecule has 1 amide bonds. The van der Waals surface area contributed by atoms with Crippen LogP contribution in [0.3, 0.4) is 0 Å². The van der Waals surface area contributed by atoms with Gasteiger partial charge in [0.15, 0.2) is 5.69 Å². The summed E-state index contributed by atoms with van der Waals surface area (Å²) < 4.78 is 28.3. The minimum Gasteiger partial charge on any atom is -0.337 e. The normalized spacial score (nSPS) is 15.6. The van der Waals surface area contributed by atoms with Crippen molar-refractivity contribution in [1.82, 2.24) is 19.9 Å². The number of hydrogen-bond donors (Lipinski definition) is 0. The van der Waals surface area contributed by atoms with E-state index in [-0.39, 0.29) is 5.91 Å². The molecule has 0 spiro atoms. The van der Waals surface area contributed by atoms with Crippen molar-refractivity contribution < 1.29 is 13.6 Å². The number of rotatable bonds is 5. The molecule has 1 fully saturated rings. The van der Waals surface area contributed by atoms with Crippen LogP contribution in [0.5, 0.6) is 0 Å². The number of carbonyl (C=O) groups excluding carboxylic acids is 1. The average Bonchev–Trinajstić information content (AvgIpc) is 3.10. The molecule has 5 nitrogen and oxygen atoms in total. The molecule has 0 N–H and O–H groups in total. The Morgan fingerprint density at radius 2 is 2.04 bits per heavy atom.